The predicted octanol–water partition coefficient (Wildman–Crippen LogP) is 0.982. The Morgan fingerprint density at radius 3 is 1.30 bits per heavy atom. The molecule has 0 radical (unpaired) electrons. The minimum Gasteiger partial charge on any atom is -0.313 e. The maximum absolute atomic E-state index is 3.34. The minimum absolute atomic E-state index is 0.606. The largest absolute Gasteiger partial charge is 0.313 e. The third-order valence-corrected chi connectivity index (χ3v) is 1.23. The van der Waals surface area contributed by atoms with Crippen molar-refractivity contribution in [2.24, 2.45) is 0 Å². The number of nitrogens with one attached hydrogen (secondary N) is 2. The molecule has 0 fully saturated rings. The summed E-state index contributed by atoms with van der Waals surface area (Å²) < 4.78 is 0. The van der Waals surface area contributed by atoms with Crippen LogP contribution in [0, 0.1) is 0 Å². The summed E-state index contributed by atoms with van der Waals surface area (Å²) >= 11 is 0. The third-order valence-electron chi connectivity index (χ3n) is 1.23. The van der Waals surface area contributed by atoms with Crippen LogP contribution in [0.1, 0.15) is 27.7 Å². The first kappa shape index (κ1) is 9.92. The highest BCUT2D eigenvalue weighted by Gasteiger charge is 1.92. The fourth-order valence-corrected chi connectivity index (χ4v) is 0.722. The van der Waals surface area contributed by atoms with Crippen LogP contribution in [-0.4, -0.2) is 25.2 Å². The summed E-state index contributed by atoms with van der Waals surface area (Å²) in [4.78, 5) is 0. The number of hydrogen-bond acceptors (Lipinski definition) is 2. The molecule has 62 valence electrons. The van der Waals surface area contributed by atoms with E-state index in [1.165, 1.54) is 0 Å². The van der Waals surface area contributed by atoms with Crippen molar-refractivity contribution in [2.45, 2.75) is 39.8 Å². The maximum atomic E-state index is 3.34. The van der Waals surface area contributed by atoms with Gasteiger partial charge in [0.05, 0.1) is 0 Å². The van der Waals surface area contributed by atoms with Gasteiger partial charge in [-0.25, -0.2) is 0 Å². The smallest absolute Gasteiger partial charge is 0.00791 e. The third kappa shape index (κ3) is 7.92. The van der Waals surface area contributed by atoms with Crippen LogP contribution in [-0.2, 0) is 0 Å². The Kier molecular flexibility index (Phi) is 5.64. The van der Waals surface area contributed by atoms with Gasteiger partial charge in [0, 0.05) is 25.2 Å². The van der Waals surface area contributed by atoms with E-state index in [1.54, 1.807) is 0 Å². The molecule has 0 bridgehead atoms. The Hall–Kier alpha value is -0.0800. The number of rotatable bonds is 5. The average molecular weight is 144 g/mol. The van der Waals surface area contributed by atoms with Crippen molar-refractivity contribution in [1.29, 1.82) is 0 Å². The van der Waals surface area contributed by atoms with Crippen molar-refractivity contribution < 1.29 is 0 Å². The van der Waals surface area contributed by atoms with E-state index in [0.717, 1.165) is 13.1 Å². The first-order valence-corrected chi connectivity index (χ1v) is 4.09. The molecule has 0 aromatic carbocycles. The second-order valence-corrected chi connectivity index (χ2v) is 3.22. The lowest BCUT2D eigenvalue weighted by Gasteiger charge is -2.10. The highest BCUT2D eigenvalue weighted by molar-refractivity contribution is 4.57. The summed E-state index contributed by atoms with van der Waals surface area (Å²) in [6.07, 6.45) is 0. The molecule has 0 saturated carbocycles. The van der Waals surface area contributed by atoms with E-state index in [4.69, 9.17) is 0 Å². The van der Waals surface area contributed by atoms with Crippen molar-refractivity contribution in [1.82, 2.24) is 10.6 Å². The van der Waals surface area contributed by atoms with Crippen LogP contribution in [0.5, 0.6) is 0 Å². The van der Waals surface area contributed by atoms with E-state index >= 15 is 0 Å². The average Bonchev–Trinajstić information content (AvgIpc) is 1.79. The van der Waals surface area contributed by atoms with Gasteiger partial charge >= 0.3 is 0 Å². The molecular formula is C8H20N2. The first-order valence-electron chi connectivity index (χ1n) is 4.09. The van der Waals surface area contributed by atoms with E-state index in [1.807, 2.05) is 0 Å². The molecule has 0 rings (SSSR count). The minimum atomic E-state index is 0.606. The van der Waals surface area contributed by atoms with Gasteiger partial charge in [0.2, 0.25) is 0 Å². The quantitative estimate of drug-likeness (QED) is 0.562. The van der Waals surface area contributed by atoms with Gasteiger partial charge in [-0.3, -0.25) is 0 Å². The van der Waals surface area contributed by atoms with E-state index in [2.05, 4.69) is 38.3 Å². The summed E-state index contributed by atoms with van der Waals surface area (Å²) in [7, 11) is 0. The predicted molar refractivity (Wildman–Crippen MR) is 46.3 cm³/mol. The lowest BCUT2D eigenvalue weighted by Crippen LogP contribution is -2.34. The molecule has 0 amide bonds. The van der Waals surface area contributed by atoms with E-state index in [9.17, 15) is 0 Å². The molecule has 0 aromatic heterocycles. The second-order valence-electron chi connectivity index (χ2n) is 3.22. The molecule has 2 heteroatoms. The Balaban J connectivity index is 2.91. The van der Waals surface area contributed by atoms with Gasteiger partial charge in [-0.15, -0.1) is 0 Å². The summed E-state index contributed by atoms with van der Waals surface area (Å²) in [5, 5.41) is 6.68. The Bertz CT molecular complexity index is 59.7. The zero-order chi connectivity index (χ0) is 7.98. The Morgan fingerprint density at radius 1 is 0.800 bits per heavy atom. The van der Waals surface area contributed by atoms with Gasteiger partial charge in [0.25, 0.3) is 0 Å². The van der Waals surface area contributed by atoms with Crippen molar-refractivity contribution >= 4 is 0 Å². The van der Waals surface area contributed by atoms with E-state index in [-0.39, 0.29) is 0 Å². The number of hydrogen-bond donors (Lipinski definition) is 2. The van der Waals surface area contributed by atoms with Crippen LogP contribution in [0.3, 0.4) is 0 Å². The van der Waals surface area contributed by atoms with Gasteiger partial charge in [-0.2, -0.15) is 0 Å². The van der Waals surface area contributed by atoms with Crippen LogP contribution >= 0.6 is 0 Å². The highest BCUT2D eigenvalue weighted by atomic mass is 15.0. The maximum Gasteiger partial charge on any atom is 0.00791 e. The van der Waals surface area contributed by atoms with Crippen molar-refractivity contribution in [3.05, 3.63) is 0 Å². The van der Waals surface area contributed by atoms with Crippen LogP contribution in [0.2, 0.25) is 0 Å². The molecule has 0 aliphatic rings. The molecule has 0 aromatic rings. The molecule has 0 unspecified atom stereocenters. The van der Waals surface area contributed by atoms with Gasteiger partial charge in [0.15, 0.2) is 0 Å². The lowest BCUT2D eigenvalue weighted by atomic mass is 10.3. The first-order chi connectivity index (χ1) is 4.63. The fraction of sp³-hybridized carbons (Fsp3) is 1.00. The molecule has 0 heterocycles. The van der Waals surface area contributed by atoms with Crippen LogP contribution in [0.4, 0.5) is 0 Å². The van der Waals surface area contributed by atoms with Gasteiger partial charge in [-0.1, -0.05) is 27.7 Å². The van der Waals surface area contributed by atoms with Crippen molar-refractivity contribution in [3.8, 4) is 0 Å². The summed E-state index contributed by atoms with van der Waals surface area (Å²) in [6, 6.07) is 1.21. The van der Waals surface area contributed by atoms with Crippen molar-refractivity contribution in [2.75, 3.05) is 13.1 Å². The summed E-state index contributed by atoms with van der Waals surface area (Å²) in [5.74, 6) is 0. The topological polar surface area (TPSA) is 24.1 Å². The zero-order valence-corrected chi connectivity index (χ0v) is 7.57. The lowest BCUT2D eigenvalue weighted by molar-refractivity contribution is 0.525. The molecule has 0 spiro atoms. The standard InChI is InChI=1S/C8H20N2/c1-7(2)9-5-6-10-8(3)4/h7-10H,5-6H2,1-4H3. The van der Waals surface area contributed by atoms with Gasteiger partial charge in [-0.05, 0) is 0 Å². The monoisotopic (exact) mass is 144 g/mol. The molecule has 2 N–H and O–H groups in total. The van der Waals surface area contributed by atoms with E-state index < -0.39 is 0 Å². The molecule has 0 saturated heterocycles. The van der Waals surface area contributed by atoms with Crippen LogP contribution in [0.25, 0.3) is 0 Å². The Labute approximate surface area is 64.4 Å². The van der Waals surface area contributed by atoms with E-state index in [0.29, 0.717) is 12.1 Å². The molecule has 10 heavy (non-hydrogen) atoms. The summed E-state index contributed by atoms with van der Waals surface area (Å²) in [5.41, 5.74) is 0. The van der Waals surface area contributed by atoms with Gasteiger partial charge in [0.1, 0.15) is 0 Å². The molecular weight excluding hydrogens is 124 g/mol. The van der Waals surface area contributed by atoms with Gasteiger partial charge < -0.3 is 10.6 Å². The molecule has 0 aliphatic heterocycles. The fourth-order valence-electron chi connectivity index (χ4n) is 0.722. The van der Waals surface area contributed by atoms with Crippen LogP contribution < -0.4 is 10.6 Å². The molecule has 0 atom stereocenters. The Morgan fingerprint density at radius 2 is 1.10 bits per heavy atom. The normalized spacial score (nSPS) is 11.4. The second kappa shape index (κ2) is 5.69. The summed E-state index contributed by atoms with van der Waals surface area (Å²) in [6.45, 7) is 10.8. The molecule has 2 nitrogen and oxygen atoms in total. The van der Waals surface area contributed by atoms with Crippen molar-refractivity contribution in [3.63, 3.8) is 0 Å². The zero-order valence-electron chi connectivity index (χ0n) is 7.57. The SMILES string of the molecule is CC(C)NCCNC(C)C. The highest BCUT2D eigenvalue weighted by Crippen LogP contribution is 1.76. The molecule has 0 aliphatic carbocycles. The van der Waals surface area contributed by atoms with Crippen LogP contribution in [0.15, 0.2) is 0 Å².